The van der Waals surface area contributed by atoms with Crippen LogP contribution in [0.3, 0.4) is 0 Å². The second-order valence-corrected chi connectivity index (χ2v) is 4.28. The molecule has 1 rings (SSSR count). The Hall–Kier alpha value is -1.80. The SMILES string of the molecule is C/C=C(/C#N)C1=C(C)C(CC)CCC=C1C#N. The van der Waals surface area contributed by atoms with E-state index in [-0.39, 0.29) is 0 Å². The number of nitrogens with zero attached hydrogens (tertiary/aromatic N) is 2. The van der Waals surface area contributed by atoms with Crippen LogP contribution in [0.25, 0.3) is 0 Å². The molecule has 2 heteroatoms. The summed E-state index contributed by atoms with van der Waals surface area (Å²) >= 11 is 0. The van der Waals surface area contributed by atoms with Crippen molar-refractivity contribution in [3.8, 4) is 12.1 Å². The zero-order chi connectivity index (χ0) is 12.8. The number of rotatable bonds is 2. The molecule has 0 aromatic carbocycles. The second kappa shape index (κ2) is 6.06. The Morgan fingerprint density at radius 2 is 2.24 bits per heavy atom. The Labute approximate surface area is 104 Å². The highest BCUT2D eigenvalue weighted by molar-refractivity contribution is 5.60. The van der Waals surface area contributed by atoms with Gasteiger partial charge in [-0.3, -0.25) is 0 Å². The Morgan fingerprint density at radius 3 is 2.71 bits per heavy atom. The van der Waals surface area contributed by atoms with Crippen molar-refractivity contribution in [1.29, 1.82) is 10.5 Å². The van der Waals surface area contributed by atoms with Gasteiger partial charge in [-0.05, 0) is 39.0 Å². The van der Waals surface area contributed by atoms with Crippen LogP contribution in [-0.2, 0) is 0 Å². The van der Waals surface area contributed by atoms with Gasteiger partial charge in [0.15, 0.2) is 0 Å². The maximum atomic E-state index is 9.21. The highest BCUT2D eigenvalue weighted by atomic mass is 14.3. The average Bonchev–Trinajstić information content (AvgIpc) is 2.51. The first-order valence-corrected chi connectivity index (χ1v) is 6.07. The summed E-state index contributed by atoms with van der Waals surface area (Å²) in [6, 6.07) is 4.43. The van der Waals surface area contributed by atoms with Crippen molar-refractivity contribution >= 4 is 0 Å². The van der Waals surface area contributed by atoms with Crippen molar-refractivity contribution in [2.75, 3.05) is 0 Å². The van der Waals surface area contributed by atoms with Crippen molar-refractivity contribution in [2.45, 2.75) is 40.0 Å². The summed E-state index contributed by atoms with van der Waals surface area (Å²) in [6.07, 6.45) is 6.81. The molecule has 17 heavy (non-hydrogen) atoms. The molecule has 0 aromatic rings. The molecule has 0 bridgehead atoms. The smallest absolute Gasteiger partial charge is 0.0995 e. The van der Waals surface area contributed by atoms with E-state index >= 15 is 0 Å². The number of hydrogen-bond donors (Lipinski definition) is 0. The molecule has 0 heterocycles. The maximum Gasteiger partial charge on any atom is 0.0995 e. The molecule has 88 valence electrons. The molecule has 0 aliphatic heterocycles. The van der Waals surface area contributed by atoms with Crippen LogP contribution in [0, 0.1) is 28.6 Å². The predicted octanol–water partition coefficient (Wildman–Crippen LogP) is 4.04. The lowest BCUT2D eigenvalue weighted by molar-refractivity contribution is 0.549. The first-order chi connectivity index (χ1) is 8.19. The lowest BCUT2D eigenvalue weighted by Crippen LogP contribution is -2.03. The van der Waals surface area contributed by atoms with E-state index in [1.165, 1.54) is 5.57 Å². The van der Waals surface area contributed by atoms with Gasteiger partial charge in [0.05, 0.1) is 23.3 Å². The van der Waals surface area contributed by atoms with Gasteiger partial charge in [-0.15, -0.1) is 0 Å². The number of hydrogen-bond acceptors (Lipinski definition) is 2. The zero-order valence-electron chi connectivity index (χ0n) is 10.7. The average molecular weight is 226 g/mol. The molecule has 0 aromatic heterocycles. The highest BCUT2D eigenvalue weighted by Gasteiger charge is 2.21. The van der Waals surface area contributed by atoms with E-state index in [1.54, 1.807) is 6.08 Å². The van der Waals surface area contributed by atoms with Gasteiger partial charge in [-0.2, -0.15) is 10.5 Å². The van der Waals surface area contributed by atoms with Crippen molar-refractivity contribution < 1.29 is 0 Å². The molecule has 0 spiro atoms. The van der Waals surface area contributed by atoms with Crippen LogP contribution in [0.15, 0.2) is 34.4 Å². The van der Waals surface area contributed by atoms with Gasteiger partial charge in [0.25, 0.3) is 0 Å². The fourth-order valence-corrected chi connectivity index (χ4v) is 2.40. The van der Waals surface area contributed by atoms with Crippen LogP contribution >= 0.6 is 0 Å². The fraction of sp³-hybridized carbons (Fsp3) is 0.467. The van der Waals surface area contributed by atoms with Crippen molar-refractivity contribution in [2.24, 2.45) is 5.92 Å². The lowest BCUT2D eigenvalue weighted by Gasteiger charge is -2.16. The standard InChI is InChI=1S/C15H18N2/c1-4-12-7-6-8-14(10-17)15(11(12)3)13(5-2)9-16/h5,8,12H,4,6-7H2,1-3H3/b13-5-. The van der Waals surface area contributed by atoms with E-state index in [9.17, 15) is 10.5 Å². The topological polar surface area (TPSA) is 47.6 Å². The van der Waals surface area contributed by atoms with Crippen LogP contribution in [0.4, 0.5) is 0 Å². The summed E-state index contributed by atoms with van der Waals surface area (Å²) in [5.41, 5.74) is 3.33. The first kappa shape index (κ1) is 13.3. The molecule has 1 unspecified atom stereocenters. The van der Waals surface area contributed by atoms with E-state index in [1.807, 2.05) is 13.0 Å². The van der Waals surface area contributed by atoms with E-state index in [2.05, 4.69) is 26.0 Å². The number of nitriles is 2. The number of allylic oxidation sites excluding steroid dienone is 6. The minimum atomic E-state index is 0.482. The van der Waals surface area contributed by atoms with Crippen LogP contribution < -0.4 is 0 Å². The first-order valence-electron chi connectivity index (χ1n) is 6.07. The minimum Gasteiger partial charge on any atom is -0.192 e. The third-order valence-electron chi connectivity index (χ3n) is 3.43. The summed E-state index contributed by atoms with van der Waals surface area (Å²) in [5.74, 6) is 0.482. The minimum absolute atomic E-state index is 0.482. The van der Waals surface area contributed by atoms with Gasteiger partial charge >= 0.3 is 0 Å². The van der Waals surface area contributed by atoms with Gasteiger partial charge in [-0.25, -0.2) is 0 Å². The molecule has 2 nitrogen and oxygen atoms in total. The van der Waals surface area contributed by atoms with Gasteiger partial charge in [0.2, 0.25) is 0 Å². The normalized spacial score (nSPS) is 21.4. The molecule has 0 N–H and O–H groups in total. The van der Waals surface area contributed by atoms with Gasteiger partial charge in [0.1, 0.15) is 0 Å². The summed E-state index contributed by atoms with van der Waals surface area (Å²) in [4.78, 5) is 0. The highest BCUT2D eigenvalue weighted by Crippen LogP contribution is 2.34. The Balaban J connectivity index is 3.40. The Kier molecular flexibility index (Phi) is 4.73. The van der Waals surface area contributed by atoms with Gasteiger partial charge < -0.3 is 0 Å². The third-order valence-corrected chi connectivity index (χ3v) is 3.43. The molecular formula is C15H18N2. The van der Waals surface area contributed by atoms with Crippen molar-refractivity contribution in [3.05, 3.63) is 34.4 Å². The van der Waals surface area contributed by atoms with Crippen molar-refractivity contribution in [1.82, 2.24) is 0 Å². The summed E-state index contributed by atoms with van der Waals surface area (Å²) in [7, 11) is 0. The van der Waals surface area contributed by atoms with E-state index < -0.39 is 0 Å². The molecule has 1 aliphatic carbocycles. The molecule has 1 aliphatic rings. The molecule has 0 saturated heterocycles. The van der Waals surface area contributed by atoms with Gasteiger partial charge in [-0.1, -0.05) is 24.6 Å². The van der Waals surface area contributed by atoms with Crippen LogP contribution in [0.5, 0.6) is 0 Å². The van der Waals surface area contributed by atoms with E-state index in [4.69, 9.17) is 0 Å². The Bertz CT molecular complexity index is 464. The second-order valence-electron chi connectivity index (χ2n) is 4.28. The molecule has 1 atom stereocenters. The van der Waals surface area contributed by atoms with Crippen molar-refractivity contribution in [3.63, 3.8) is 0 Å². The van der Waals surface area contributed by atoms with E-state index in [0.717, 1.165) is 24.8 Å². The largest absolute Gasteiger partial charge is 0.192 e. The molecular weight excluding hydrogens is 208 g/mol. The third kappa shape index (κ3) is 2.66. The summed E-state index contributed by atoms with van der Waals surface area (Å²) < 4.78 is 0. The van der Waals surface area contributed by atoms with Crippen LogP contribution in [0.1, 0.15) is 40.0 Å². The predicted molar refractivity (Wildman–Crippen MR) is 68.8 cm³/mol. The lowest BCUT2D eigenvalue weighted by atomic mass is 9.87. The van der Waals surface area contributed by atoms with E-state index in [0.29, 0.717) is 17.1 Å². The fourth-order valence-electron chi connectivity index (χ4n) is 2.40. The summed E-state index contributed by atoms with van der Waals surface area (Å²) in [5, 5.41) is 18.4. The molecule has 0 radical (unpaired) electrons. The quantitative estimate of drug-likeness (QED) is 0.667. The molecule has 0 fully saturated rings. The zero-order valence-corrected chi connectivity index (χ0v) is 10.7. The van der Waals surface area contributed by atoms with Gasteiger partial charge in [0, 0.05) is 5.57 Å². The molecule has 0 saturated carbocycles. The van der Waals surface area contributed by atoms with Crippen LogP contribution in [-0.4, -0.2) is 0 Å². The monoisotopic (exact) mass is 226 g/mol. The molecule has 0 amide bonds. The maximum absolute atomic E-state index is 9.21. The summed E-state index contributed by atoms with van der Waals surface area (Å²) in [6.45, 7) is 6.06. The Morgan fingerprint density at radius 1 is 1.53 bits per heavy atom. The van der Waals surface area contributed by atoms with Crippen LogP contribution in [0.2, 0.25) is 0 Å².